The van der Waals surface area contributed by atoms with Crippen LogP contribution in [0.5, 0.6) is 0 Å². The minimum Gasteiger partial charge on any atom is -0.200 e. The summed E-state index contributed by atoms with van der Waals surface area (Å²) in [6.07, 6.45) is 0. The third-order valence-corrected chi connectivity index (χ3v) is 6.22. The molecule has 0 spiro atoms. The molecule has 6 heteroatoms. The summed E-state index contributed by atoms with van der Waals surface area (Å²) >= 11 is 3.56. The van der Waals surface area contributed by atoms with E-state index in [-0.39, 0.29) is 4.90 Å². The maximum absolute atomic E-state index is 12.6. The van der Waals surface area contributed by atoms with E-state index in [1.165, 1.54) is 0 Å². The maximum Gasteiger partial charge on any atom is 0.276 e. The van der Waals surface area contributed by atoms with E-state index in [1.807, 2.05) is 49.4 Å². The number of nitrogens with one attached hydrogen (secondary N) is 1. The molecule has 0 heterocycles. The van der Waals surface area contributed by atoms with Crippen LogP contribution >= 0.6 is 15.9 Å². The number of hydrogen-bond acceptors (Lipinski definition) is 3. The number of fused-ring (bicyclic) bond motifs is 3. The minimum atomic E-state index is -3.74. The van der Waals surface area contributed by atoms with Gasteiger partial charge in [0, 0.05) is 15.6 Å². The molecule has 0 fully saturated rings. The Morgan fingerprint density at radius 3 is 2.23 bits per heavy atom. The molecule has 0 saturated carbocycles. The van der Waals surface area contributed by atoms with Gasteiger partial charge in [-0.15, -0.1) is 0 Å². The molecular weight excluding hydrogens is 412 g/mol. The number of sulfonamides is 1. The lowest BCUT2D eigenvalue weighted by atomic mass is 10.1. The summed E-state index contributed by atoms with van der Waals surface area (Å²) in [5, 5.41) is 4.29. The van der Waals surface area contributed by atoms with Gasteiger partial charge in [-0.05, 0) is 36.2 Å². The van der Waals surface area contributed by atoms with Crippen LogP contribution in [0.25, 0.3) is 11.1 Å². The van der Waals surface area contributed by atoms with Crippen LogP contribution in [0.2, 0.25) is 0 Å². The summed E-state index contributed by atoms with van der Waals surface area (Å²) in [5.74, 6) is 0. The molecule has 0 saturated heterocycles. The van der Waals surface area contributed by atoms with Gasteiger partial charge in [-0.1, -0.05) is 70.0 Å². The highest BCUT2D eigenvalue weighted by Gasteiger charge is 2.27. The number of aryl methyl sites for hydroxylation is 1. The third-order valence-electron chi connectivity index (χ3n) is 4.33. The number of benzene rings is 3. The molecule has 4 rings (SSSR count). The summed E-state index contributed by atoms with van der Waals surface area (Å²) in [6, 6.07) is 20.4. The number of hydrazone groups is 1. The summed E-state index contributed by atoms with van der Waals surface area (Å²) < 4.78 is 26.0. The Morgan fingerprint density at radius 1 is 0.846 bits per heavy atom. The van der Waals surface area contributed by atoms with Gasteiger partial charge in [-0.2, -0.15) is 18.4 Å². The lowest BCUT2D eigenvalue weighted by molar-refractivity contribution is 0.584. The van der Waals surface area contributed by atoms with Crippen LogP contribution in [0.4, 0.5) is 0 Å². The second kappa shape index (κ2) is 6.37. The van der Waals surface area contributed by atoms with Gasteiger partial charge < -0.3 is 0 Å². The first-order valence-corrected chi connectivity index (χ1v) is 10.3. The van der Waals surface area contributed by atoms with E-state index < -0.39 is 10.0 Å². The van der Waals surface area contributed by atoms with E-state index in [2.05, 4.69) is 25.9 Å². The van der Waals surface area contributed by atoms with Crippen LogP contribution in [-0.4, -0.2) is 14.1 Å². The predicted molar refractivity (Wildman–Crippen MR) is 107 cm³/mol. The van der Waals surface area contributed by atoms with Gasteiger partial charge in [0.05, 0.1) is 4.90 Å². The number of halogens is 1. The number of hydrogen-bond donors (Lipinski definition) is 1. The first kappa shape index (κ1) is 17.0. The van der Waals surface area contributed by atoms with Crippen molar-refractivity contribution in [3.8, 4) is 11.1 Å². The molecule has 1 aliphatic rings. The van der Waals surface area contributed by atoms with Gasteiger partial charge in [0.15, 0.2) is 0 Å². The smallest absolute Gasteiger partial charge is 0.200 e. The van der Waals surface area contributed by atoms with E-state index in [9.17, 15) is 8.42 Å². The Bertz CT molecular complexity index is 1140. The van der Waals surface area contributed by atoms with Crippen LogP contribution in [0.3, 0.4) is 0 Å². The Morgan fingerprint density at radius 2 is 1.50 bits per heavy atom. The molecule has 26 heavy (non-hydrogen) atoms. The van der Waals surface area contributed by atoms with E-state index in [0.717, 1.165) is 32.3 Å². The zero-order valence-electron chi connectivity index (χ0n) is 13.9. The van der Waals surface area contributed by atoms with Crippen molar-refractivity contribution in [3.05, 3.63) is 87.9 Å². The first-order chi connectivity index (χ1) is 12.5. The van der Waals surface area contributed by atoms with Crippen molar-refractivity contribution < 1.29 is 8.42 Å². The highest BCUT2D eigenvalue weighted by Crippen LogP contribution is 2.40. The average molecular weight is 427 g/mol. The second-order valence-electron chi connectivity index (χ2n) is 6.08. The zero-order valence-corrected chi connectivity index (χ0v) is 16.3. The largest absolute Gasteiger partial charge is 0.276 e. The molecule has 0 unspecified atom stereocenters. The Labute approximate surface area is 160 Å². The van der Waals surface area contributed by atoms with Gasteiger partial charge in [0.2, 0.25) is 0 Å². The van der Waals surface area contributed by atoms with E-state index in [1.54, 1.807) is 24.3 Å². The molecule has 1 aliphatic carbocycles. The lowest BCUT2D eigenvalue weighted by Crippen LogP contribution is -2.20. The van der Waals surface area contributed by atoms with Crippen molar-refractivity contribution in [2.24, 2.45) is 5.10 Å². The molecule has 4 nitrogen and oxygen atoms in total. The van der Waals surface area contributed by atoms with Gasteiger partial charge in [-0.25, -0.2) is 0 Å². The summed E-state index contributed by atoms with van der Waals surface area (Å²) in [5.41, 5.74) is 5.47. The average Bonchev–Trinajstić information content (AvgIpc) is 2.96. The molecule has 0 bridgehead atoms. The highest BCUT2D eigenvalue weighted by atomic mass is 79.9. The normalized spacial score (nSPS) is 14.2. The van der Waals surface area contributed by atoms with Crippen LogP contribution in [-0.2, 0) is 10.0 Å². The summed E-state index contributed by atoms with van der Waals surface area (Å²) in [4.78, 5) is 2.57. The van der Waals surface area contributed by atoms with Crippen LogP contribution < -0.4 is 4.83 Å². The minimum absolute atomic E-state index is 0.186. The van der Waals surface area contributed by atoms with E-state index in [0.29, 0.717) is 5.71 Å². The number of nitrogens with zero attached hydrogens (tertiary/aromatic N) is 1. The van der Waals surface area contributed by atoms with Gasteiger partial charge >= 0.3 is 0 Å². The van der Waals surface area contributed by atoms with Crippen molar-refractivity contribution in [2.45, 2.75) is 11.8 Å². The molecule has 0 amide bonds. The second-order valence-corrected chi connectivity index (χ2v) is 8.59. The molecule has 3 aromatic carbocycles. The molecule has 3 aromatic rings. The monoisotopic (exact) mass is 426 g/mol. The molecule has 0 atom stereocenters. The molecule has 0 aliphatic heterocycles. The quantitative estimate of drug-likeness (QED) is 0.491. The van der Waals surface area contributed by atoms with Crippen LogP contribution in [0.1, 0.15) is 16.7 Å². The van der Waals surface area contributed by atoms with E-state index in [4.69, 9.17) is 0 Å². The van der Waals surface area contributed by atoms with Crippen LogP contribution in [0, 0.1) is 6.92 Å². The fourth-order valence-corrected chi connectivity index (χ4v) is 4.41. The van der Waals surface area contributed by atoms with Crippen molar-refractivity contribution >= 4 is 31.7 Å². The highest BCUT2D eigenvalue weighted by molar-refractivity contribution is 9.10. The number of rotatable bonds is 3. The first-order valence-electron chi connectivity index (χ1n) is 8.02. The standard InChI is InChI=1S/C20H15BrN2O2S/c1-13-9-11-14(12-10-13)26(24,25)23-22-20-17-6-3-2-5-15(17)16-7-4-8-18(21)19(16)20/h2-12,23H,1H3/b22-20-. The SMILES string of the molecule is Cc1ccc(S(=O)(=O)N/N=C2/c3ccccc3-c3cccc(Br)c32)cc1. The van der Waals surface area contributed by atoms with Crippen molar-refractivity contribution in [1.82, 2.24) is 4.83 Å². The van der Waals surface area contributed by atoms with Gasteiger partial charge in [0.1, 0.15) is 5.71 Å². The molecule has 1 N–H and O–H groups in total. The van der Waals surface area contributed by atoms with Crippen molar-refractivity contribution in [2.75, 3.05) is 0 Å². The van der Waals surface area contributed by atoms with Gasteiger partial charge in [0.25, 0.3) is 10.0 Å². The Hall–Kier alpha value is -2.44. The summed E-state index contributed by atoms with van der Waals surface area (Å²) in [6.45, 7) is 1.91. The van der Waals surface area contributed by atoms with Crippen molar-refractivity contribution in [3.63, 3.8) is 0 Å². The fourth-order valence-electron chi connectivity index (χ4n) is 3.04. The fraction of sp³-hybridized carbons (Fsp3) is 0.0500. The Kier molecular flexibility index (Phi) is 4.17. The molecule has 130 valence electrons. The topological polar surface area (TPSA) is 58.5 Å². The zero-order chi connectivity index (χ0) is 18.3. The predicted octanol–water partition coefficient (Wildman–Crippen LogP) is 4.47. The molecule has 0 aromatic heterocycles. The maximum atomic E-state index is 12.6. The summed E-state index contributed by atoms with van der Waals surface area (Å²) in [7, 11) is -3.74. The molecule has 0 radical (unpaired) electrons. The lowest BCUT2D eigenvalue weighted by Gasteiger charge is -2.07. The van der Waals surface area contributed by atoms with Crippen molar-refractivity contribution in [1.29, 1.82) is 0 Å². The van der Waals surface area contributed by atoms with E-state index >= 15 is 0 Å². The third kappa shape index (κ3) is 2.85. The van der Waals surface area contributed by atoms with Gasteiger partial charge in [-0.3, -0.25) is 0 Å². The Balaban J connectivity index is 1.79. The molecular formula is C20H15BrN2O2S. The van der Waals surface area contributed by atoms with Crippen LogP contribution in [0.15, 0.2) is 81.2 Å².